The van der Waals surface area contributed by atoms with E-state index in [0.29, 0.717) is 48.5 Å². The van der Waals surface area contributed by atoms with Crippen LogP contribution in [-0.2, 0) is 16.7 Å². The first kappa shape index (κ1) is 23.4. The van der Waals surface area contributed by atoms with Gasteiger partial charge in [-0.15, -0.1) is 0 Å². The molecule has 2 atom stereocenters. The smallest absolute Gasteiger partial charge is 0.374 e. The normalized spacial score (nSPS) is 22.8. The zero-order valence-corrected chi connectivity index (χ0v) is 20.8. The predicted octanol–water partition coefficient (Wildman–Crippen LogP) is 4.02. The molecule has 0 aliphatic carbocycles. The number of hydrogen-bond donors (Lipinski definition) is 1. The van der Waals surface area contributed by atoms with Crippen LogP contribution in [0.2, 0.25) is 0 Å². The summed E-state index contributed by atoms with van der Waals surface area (Å²) in [5, 5.41) is -1.05. The maximum absolute atomic E-state index is 12.3. The fourth-order valence-corrected chi connectivity index (χ4v) is 6.13. The fourth-order valence-electron chi connectivity index (χ4n) is 4.95. The number of hydrogen-bond acceptors (Lipinski definition) is 6. The van der Waals surface area contributed by atoms with Crippen LogP contribution in [0.1, 0.15) is 26.2 Å². The van der Waals surface area contributed by atoms with Gasteiger partial charge in [0.15, 0.2) is 11.4 Å². The molecule has 2 unspecified atom stereocenters. The van der Waals surface area contributed by atoms with E-state index in [1.807, 2.05) is 42.7 Å². The number of oxazole rings is 1. The third-order valence-electron chi connectivity index (χ3n) is 6.72. The number of aromatic nitrogens is 1. The summed E-state index contributed by atoms with van der Waals surface area (Å²) in [5.74, 6) is 2.93. The van der Waals surface area contributed by atoms with Gasteiger partial charge in [0.05, 0.1) is 39.3 Å². The largest absolute Gasteiger partial charge is 0.497 e. The predicted molar refractivity (Wildman–Crippen MR) is 131 cm³/mol. The molecule has 3 heterocycles. The Morgan fingerprint density at radius 2 is 1.91 bits per heavy atom. The van der Waals surface area contributed by atoms with E-state index in [1.165, 1.54) is 0 Å². The summed E-state index contributed by atoms with van der Waals surface area (Å²) in [6.07, 6.45) is 4.01. The van der Waals surface area contributed by atoms with Crippen molar-refractivity contribution in [2.45, 2.75) is 32.2 Å². The highest BCUT2D eigenvalue weighted by Crippen LogP contribution is 2.54. The fraction of sp³-hybridized carbons (Fsp3) is 0.320. The number of ether oxygens (including phenoxy) is 3. The molecule has 2 aliphatic heterocycles. The van der Waals surface area contributed by atoms with Crippen LogP contribution in [0.3, 0.4) is 0 Å². The highest BCUT2D eigenvalue weighted by atomic mass is 32.2. The number of rotatable bonds is 6. The van der Waals surface area contributed by atoms with Crippen LogP contribution in [0.15, 0.2) is 58.3 Å². The van der Waals surface area contributed by atoms with Crippen molar-refractivity contribution >= 4 is 33.0 Å². The van der Waals surface area contributed by atoms with Gasteiger partial charge in [-0.3, -0.25) is 4.55 Å². The van der Waals surface area contributed by atoms with Gasteiger partial charge in [0.1, 0.15) is 18.0 Å². The van der Waals surface area contributed by atoms with Crippen molar-refractivity contribution in [1.29, 1.82) is 0 Å². The molecule has 2 aliphatic rings. The van der Waals surface area contributed by atoms with Crippen molar-refractivity contribution < 1.29 is 36.2 Å². The van der Waals surface area contributed by atoms with Gasteiger partial charge in [-0.2, -0.15) is 13.0 Å². The van der Waals surface area contributed by atoms with Crippen LogP contribution < -0.4 is 23.3 Å². The van der Waals surface area contributed by atoms with Crippen molar-refractivity contribution in [3.8, 4) is 17.2 Å². The Morgan fingerprint density at radius 1 is 1.20 bits per heavy atom. The zero-order chi connectivity index (χ0) is 25.0. The van der Waals surface area contributed by atoms with E-state index < -0.39 is 15.5 Å². The second kappa shape index (κ2) is 8.40. The minimum absolute atomic E-state index is 0.109. The highest BCUT2D eigenvalue weighted by Gasteiger charge is 2.63. The Kier molecular flexibility index (Phi) is 5.62. The average molecular weight is 501 g/mol. The van der Waals surface area contributed by atoms with Crippen molar-refractivity contribution in [3.05, 3.63) is 59.8 Å². The highest BCUT2D eigenvalue weighted by molar-refractivity contribution is 7.86. The molecule has 1 saturated heterocycles. The summed E-state index contributed by atoms with van der Waals surface area (Å²) < 4.78 is 59.4. The minimum Gasteiger partial charge on any atom is -0.497 e. The molecule has 0 amide bonds. The molecule has 1 spiro atoms. The van der Waals surface area contributed by atoms with Crippen LogP contribution in [0.5, 0.6) is 17.2 Å². The Labute approximate surface area is 203 Å². The lowest BCUT2D eigenvalue weighted by molar-refractivity contribution is -0.674. The molecule has 184 valence electrons. The molecule has 1 fully saturated rings. The first-order valence-electron chi connectivity index (χ1n) is 11.3. The van der Waals surface area contributed by atoms with E-state index >= 15 is 0 Å². The molecule has 5 rings (SSSR count). The first-order chi connectivity index (χ1) is 16.7. The summed E-state index contributed by atoms with van der Waals surface area (Å²) in [7, 11) is -1.15. The van der Waals surface area contributed by atoms with Gasteiger partial charge in [0, 0.05) is 12.1 Å². The molecule has 0 radical (unpaired) electrons. The number of quaternary nitrogens is 1. The minimum atomic E-state index is -4.33. The van der Waals surface area contributed by atoms with Crippen molar-refractivity contribution in [3.63, 3.8) is 0 Å². The summed E-state index contributed by atoms with van der Waals surface area (Å²) in [6.45, 7) is 5.08. The topological polar surface area (TPSA) is 99.1 Å². The third kappa shape index (κ3) is 3.69. The quantitative estimate of drug-likeness (QED) is 0.310. The zero-order valence-electron chi connectivity index (χ0n) is 20.0. The van der Waals surface area contributed by atoms with E-state index in [2.05, 4.69) is 0 Å². The number of methoxy groups -OCH3 is 2. The number of allylic oxidation sites excluding steroid dienone is 2. The summed E-state index contributed by atoms with van der Waals surface area (Å²) in [5.41, 5.74) is 3.09. The molecule has 1 aromatic heterocycles. The molecule has 35 heavy (non-hydrogen) atoms. The second-order valence-electron chi connectivity index (χ2n) is 8.68. The van der Waals surface area contributed by atoms with Gasteiger partial charge >= 0.3 is 21.9 Å². The Hall–Kier alpha value is -3.34. The summed E-state index contributed by atoms with van der Waals surface area (Å²) >= 11 is 0. The lowest BCUT2D eigenvalue weighted by atomic mass is 10.1. The van der Waals surface area contributed by atoms with Gasteiger partial charge in [-0.25, -0.2) is 4.48 Å². The standard InChI is InChI=1S/C25H27N2O7S/c1-5-26-19-14-17(31-3)6-8-21(19)33-23(26)12-16(2)13-24-27(11-10-25(27)35(28,29)30)20-15-18(32-4)7-9-22(20)34-24/h6-9,12-15,25H,5,10-11H2,1-4H3/q+1/p+1/b16-12+,24-13+. The summed E-state index contributed by atoms with van der Waals surface area (Å²) in [6, 6.07) is 10.9. The van der Waals surface area contributed by atoms with Crippen LogP contribution >= 0.6 is 0 Å². The molecule has 1 N–H and O–H groups in total. The molecular formula is C25H28N2O7S+2. The number of fused-ring (bicyclic) bond motifs is 3. The lowest BCUT2D eigenvalue weighted by Gasteiger charge is -2.45. The van der Waals surface area contributed by atoms with Crippen molar-refractivity contribution in [1.82, 2.24) is 4.48 Å². The monoisotopic (exact) mass is 500 g/mol. The maximum Gasteiger partial charge on any atom is 0.374 e. The number of aryl methyl sites for hydroxylation is 1. The average Bonchev–Trinajstić information content (AvgIpc) is 3.30. The van der Waals surface area contributed by atoms with Crippen molar-refractivity contribution in [2.24, 2.45) is 0 Å². The lowest BCUT2D eigenvalue weighted by Crippen LogP contribution is -2.67. The molecule has 3 aromatic rings. The van der Waals surface area contributed by atoms with Gasteiger partial charge in [0.25, 0.3) is 5.52 Å². The number of nitrogens with zero attached hydrogens (tertiary/aromatic N) is 2. The molecule has 0 saturated carbocycles. The molecule has 10 heteroatoms. The molecule has 9 nitrogen and oxygen atoms in total. The van der Waals surface area contributed by atoms with Gasteiger partial charge < -0.3 is 18.6 Å². The maximum atomic E-state index is 12.3. The van der Waals surface area contributed by atoms with Crippen LogP contribution in [0.25, 0.3) is 17.2 Å². The molecule has 2 aromatic carbocycles. The Balaban J connectivity index is 1.60. The van der Waals surface area contributed by atoms with E-state index in [0.717, 1.165) is 22.4 Å². The van der Waals surface area contributed by atoms with Crippen molar-refractivity contribution in [2.75, 3.05) is 20.8 Å². The Bertz CT molecular complexity index is 1490. The van der Waals surface area contributed by atoms with Gasteiger partial charge in [0.2, 0.25) is 11.0 Å². The first-order valence-corrected chi connectivity index (χ1v) is 12.8. The second-order valence-corrected chi connectivity index (χ2v) is 10.2. The Morgan fingerprint density at radius 3 is 2.54 bits per heavy atom. The van der Waals surface area contributed by atoms with E-state index in [4.69, 9.17) is 18.6 Å². The molecule has 0 bridgehead atoms. The van der Waals surface area contributed by atoms with Gasteiger partial charge in [-0.05, 0) is 43.7 Å². The van der Waals surface area contributed by atoms with Crippen LogP contribution in [0.4, 0.5) is 5.69 Å². The van der Waals surface area contributed by atoms with Crippen LogP contribution in [0, 0.1) is 0 Å². The van der Waals surface area contributed by atoms with E-state index in [-0.39, 0.29) is 4.48 Å². The molecular weight excluding hydrogens is 472 g/mol. The van der Waals surface area contributed by atoms with Gasteiger partial charge in [-0.1, -0.05) is 0 Å². The third-order valence-corrected chi connectivity index (χ3v) is 8.01. The van der Waals surface area contributed by atoms with Crippen LogP contribution in [-0.4, -0.2) is 39.1 Å². The van der Waals surface area contributed by atoms with E-state index in [9.17, 15) is 13.0 Å². The van der Waals surface area contributed by atoms with E-state index in [1.54, 1.807) is 38.5 Å². The number of benzene rings is 2. The summed E-state index contributed by atoms with van der Waals surface area (Å²) in [4.78, 5) is 0. The SMILES string of the molecule is CC[n+]1c(/C=C(C)/C=C2/Oc3ccc(OC)cc3[N+]23CCC3S(=O)(=O)O)oc2ccc(OC)cc21.